The molecule has 1 fully saturated rings. The summed E-state index contributed by atoms with van der Waals surface area (Å²) in [4.78, 5) is 15.3. The molecule has 1 aliphatic heterocycles. The van der Waals surface area contributed by atoms with E-state index in [-0.39, 0.29) is 6.47 Å². The fourth-order valence-corrected chi connectivity index (χ4v) is 4.34. The molecule has 2 heterocycles. The Balaban J connectivity index is 0.000000858. The molecule has 0 radical (unpaired) electrons. The number of carboxylic acid groups (broad SMARTS) is 1. The quantitative estimate of drug-likeness (QED) is 0.635. The standard InChI is InChI=1S/C22H31N3O3.CH2O2/c1-17(14-26-2)24(12-18-8-9-21-22(10-18)28-16-27-21)13-20-11-23-15-25(20)19-6-4-3-5-7-19;2-1-3/h8-11,15,17,19H,3-7,12-14,16H2,1-2H3;1H,(H,2,3). The SMILES string of the molecule is COCC(C)N(Cc1ccc2c(c1)OCO2)Cc1cncn1C1CCCCC1.O=CO. The fourth-order valence-electron chi connectivity index (χ4n) is 4.34. The molecule has 170 valence electrons. The molecular weight excluding hydrogens is 398 g/mol. The van der Waals surface area contributed by atoms with E-state index in [1.165, 1.54) is 43.4 Å². The van der Waals surface area contributed by atoms with Gasteiger partial charge in [-0.25, -0.2) is 4.98 Å². The Morgan fingerprint density at radius 3 is 2.74 bits per heavy atom. The van der Waals surface area contributed by atoms with Gasteiger partial charge in [-0.05, 0) is 37.5 Å². The zero-order valence-electron chi connectivity index (χ0n) is 18.4. The summed E-state index contributed by atoms with van der Waals surface area (Å²) in [6.07, 6.45) is 10.6. The van der Waals surface area contributed by atoms with Crippen molar-refractivity contribution in [3.05, 3.63) is 42.0 Å². The molecule has 1 aromatic carbocycles. The van der Waals surface area contributed by atoms with Gasteiger partial charge in [0.15, 0.2) is 11.5 Å². The van der Waals surface area contributed by atoms with Gasteiger partial charge < -0.3 is 23.9 Å². The van der Waals surface area contributed by atoms with Gasteiger partial charge in [0.2, 0.25) is 6.79 Å². The number of ether oxygens (including phenoxy) is 3. The summed E-state index contributed by atoms with van der Waals surface area (Å²) >= 11 is 0. The normalized spacial score (nSPS) is 16.6. The molecule has 0 amide bonds. The Morgan fingerprint density at radius 2 is 2.00 bits per heavy atom. The summed E-state index contributed by atoms with van der Waals surface area (Å²) in [5, 5.41) is 6.89. The summed E-state index contributed by atoms with van der Waals surface area (Å²) in [6, 6.07) is 7.11. The second-order valence-electron chi connectivity index (χ2n) is 8.09. The molecule has 1 aromatic heterocycles. The topological polar surface area (TPSA) is 86.1 Å². The molecule has 2 aromatic rings. The number of benzene rings is 1. The average molecular weight is 432 g/mol. The number of rotatable bonds is 8. The van der Waals surface area contributed by atoms with Crippen LogP contribution >= 0.6 is 0 Å². The molecular formula is C23H33N3O5. The molecule has 8 heteroatoms. The van der Waals surface area contributed by atoms with Gasteiger partial charge in [-0.15, -0.1) is 0 Å². The average Bonchev–Trinajstić information content (AvgIpc) is 3.43. The van der Waals surface area contributed by atoms with Gasteiger partial charge in [0.05, 0.1) is 18.6 Å². The maximum absolute atomic E-state index is 8.36. The Hall–Kier alpha value is -2.58. The van der Waals surface area contributed by atoms with Crippen LogP contribution in [0.5, 0.6) is 11.5 Å². The highest BCUT2D eigenvalue weighted by Crippen LogP contribution is 2.33. The Labute approximate surface area is 183 Å². The van der Waals surface area contributed by atoms with E-state index in [0.717, 1.165) is 24.6 Å². The number of methoxy groups -OCH3 is 1. The molecule has 1 unspecified atom stereocenters. The van der Waals surface area contributed by atoms with Gasteiger partial charge in [-0.2, -0.15) is 0 Å². The molecule has 2 aliphatic rings. The van der Waals surface area contributed by atoms with Crippen molar-refractivity contribution in [2.45, 2.75) is 64.2 Å². The third-order valence-electron chi connectivity index (χ3n) is 5.93. The van der Waals surface area contributed by atoms with Gasteiger partial charge in [0.1, 0.15) is 0 Å². The number of nitrogens with zero attached hydrogens (tertiary/aromatic N) is 3. The fraction of sp³-hybridized carbons (Fsp3) is 0.565. The van der Waals surface area contributed by atoms with E-state index >= 15 is 0 Å². The lowest BCUT2D eigenvalue weighted by atomic mass is 9.95. The highest BCUT2D eigenvalue weighted by atomic mass is 16.7. The van der Waals surface area contributed by atoms with Crippen LogP contribution in [0.15, 0.2) is 30.7 Å². The Bertz CT molecular complexity index is 819. The van der Waals surface area contributed by atoms with Crippen molar-refractivity contribution in [3.63, 3.8) is 0 Å². The molecule has 0 spiro atoms. The molecule has 0 bridgehead atoms. The third-order valence-corrected chi connectivity index (χ3v) is 5.93. The zero-order chi connectivity index (χ0) is 22.1. The summed E-state index contributed by atoms with van der Waals surface area (Å²) in [6.45, 7) is 4.66. The monoisotopic (exact) mass is 431 g/mol. The lowest BCUT2D eigenvalue weighted by Gasteiger charge is -2.31. The minimum atomic E-state index is -0.250. The second kappa shape index (κ2) is 11.7. The van der Waals surface area contributed by atoms with Crippen LogP contribution in [-0.2, 0) is 22.6 Å². The van der Waals surface area contributed by atoms with Crippen molar-refractivity contribution >= 4 is 6.47 Å². The lowest BCUT2D eigenvalue weighted by molar-refractivity contribution is -0.122. The molecule has 1 aliphatic carbocycles. The first-order valence-corrected chi connectivity index (χ1v) is 10.9. The van der Waals surface area contributed by atoms with Crippen LogP contribution in [-0.4, -0.2) is 52.6 Å². The highest BCUT2D eigenvalue weighted by Gasteiger charge is 2.22. The van der Waals surface area contributed by atoms with E-state index in [4.69, 9.17) is 24.1 Å². The number of fused-ring (bicyclic) bond motifs is 1. The van der Waals surface area contributed by atoms with E-state index in [1.54, 1.807) is 7.11 Å². The lowest BCUT2D eigenvalue weighted by Crippen LogP contribution is -2.36. The number of imidazole rings is 1. The Kier molecular flexibility index (Phi) is 8.73. The summed E-state index contributed by atoms with van der Waals surface area (Å²) < 4.78 is 18.9. The third kappa shape index (κ3) is 6.21. The first-order valence-electron chi connectivity index (χ1n) is 10.9. The van der Waals surface area contributed by atoms with Gasteiger partial charge in [0.25, 0.3) is 6.47 Å². The van der Waals surface area contributed by atoms with Crippen LogP contribution in [0.2, 0.25) is 0 Å². The summed E-state index contributed by atoms with van der Waals surface area (Å²) in [5.74, 6) is 1.67. The second-order valence-corrected chi connectivity index (χ2v) is 8.09. The number of hydrogen-bond acceptors (Lipinski definition) is 6. The number of hydrogen-bond donors (Lipinski definition) is 1. The molecule has 1 atom stereocenters. The first-order chi connectivity index (χ1) is 15.2. The molecule has 31 heavy (non-hydrogen) atoms. The van der Waals surface area contributed by atoms with Gasteiger partial charge in [-0.3, -0.25) is 9.69 Å². The predicted octanol–water partition coefficient (Wildman–Crippen LogP) is 3.85. The van der Waals surface area contributed by atoms with Crippen LogP contribution < -0.4 is 9.47 Å². The van der Waals surface area contributed by atoms with Crippen LogP contribution in [0.3, 0.4) is 0 Å². The van der Waals surface area contributed by atoms with Crippen LogP contribution in [0.4, 0.5) is 0 Å². The molecule has 1 N–H and O–H groups in total. The predicted molar refractivity (Wildman–Crippen MR) is 116 cm³/mol. The smallest absolute Gasteiger partial charge is 0.290 e. The number of aromatic nitrogens is 2. The van der Waals surface area contributed by atoms with E-state index in [0.29, 0.717) is 25.5 Å². The van der Waals surface area contributed by atoms with Gasteiger partial charge in [-0.1, -0.05) is 25.3 Å². The van der Waals surface area contributed by atoms with Crippen LogP contribution in [0.25, 0.3) is 0 Å². The molecule has 1 saturated carbocycles. The summed E-state index contributed by atoms with van der Waals surface area (Å²) in [5.41, 5.74) is 2.51. The molecule has 4 rings (SSSR count). The first kappa shape index (κ1) is 23.1. The zero-order valence-corrected chi connectivity index (χ0v) is 18.4. The summed E-state index contributed by atoms with van der Waals surface area (Å²) in [7, 11) is 1.77. The van der Waals surface area contributed by atoms with Gasteiger partial charge in [0, 0.05) is 38.5 Å². The maximum Gasteiger partial charge on any atom is 0.290 e. The van der Waals surface area contributed by atoms with Crippen molar-refractivity contribution in [2.75, 3.05) is 20.5 Å². The van der Waals surface area contributed by atoms with Crippen molar-refractivity contribution in [1.29, 1.82) is 0 Å². The molecule has 0 saturated heterocycles. The van der Waals surface area contributed by atoms with Crippen LogP contribution in [0, 0.1) is 0 Å². The van der Waals surface area contributed by atoms with E-state index in [9.17, 15) is 0 Å². The van der Waals surface area contributed by atoms with Crippen molar-refractivity contribution in [1.82, 2.24) is 14.5 Å². The van der Waals surface area contributed by atoms with Gasteiger partial charge >= 0.3 is 0 Å². The van der Waals surface area contributed by atoms with Crippen LogP contribution in [0.1, 0.15) is 56.3 Å². The van der Waals surface area contributed by atoms with E-state index < -0.39 is 0 Å². The van der Waals surface area contributed by atoms with Crippen molar-refractivity contribution in [2.24, 2.45) is 0 Å². The Morgan fingerprint density at radius 1 is 1.26 bits per heavy atom. The number of carbonyl (C=O) groups is 1. The highest BCUT2D eigenvalue weighted by molar-refractivity contribution is 5.44. The minimum Gasteiger partial charge on any atom is -0.483 e. The van der Waals surface area contributed by atoms with E-state index in [1.807, 2.05) is 18.6 Å². The molecule has 8 nitrogen and oxygen atoms in total. The van der Waals surface area contributed by atoms with Crippen molar-refractivity contribution < 1.29 is 24.1 Å². The maximum atomic E-state index is 8.36. The van der Waals surface area contributed by atoms with E-state index in [2.05, 4.69) is 33.5 Å². The largest absolute Gasteiger partial charge is 0.483 e. The van der Waals surface area contributed by atoms with Crippen molar-refractivity contribution in [3.8, 4) is 11.5 Å². The minimum absolute atomic E-state index is 0.250.